The van der Waals surface area contributed by atoms with Crippen molar-refractivity contribution in [2.45, 2.75) is 34.0 Å². The van der Waals surface area contributed by atoms with Crippen LogP contribution in [-0.4, -0.2) is 61.9 Å². The summed E-state index contributed by atoms with van der Waals surface area (Å²) in [7, 11) is 3.21. The smallest absolute Gasteiger partial charge is 0.203 e. The summed E-state index contributed by atoms with van der Waals surface area (Å²) in [5, 5.41) is 27.0. The van der Waals surface area contributed by atoms with Crippen LogP contribution in [0.2, 0.25) is 0 Å². The minimum absolute atomic E-state index is 0.0496. The van der Waals surface area contributed by atoms with Gasteiger partial charge < -0.3 is 43.7 Å². The largest absolute Gasteiger partial charge is 0.504 e. The number of rotatable bonds is 14. The molecule has 0 aromatic heterocycles. The van der Waals surface area contributed by atoms with Gasteiger partial charge in [0.05, 0.1) is 27.4 Å². The van der Waals surface area contributed by atoms with E-state index < -0.39 is 0 Å². The van der Waals surface area contributed by atoms with Crippen LogP contribution >= 0.6 is 0 Å². The van der Waals surface area contributed by atoms with Crippen molar-refractivity contribution in [1.82, 2.24) is 0 Å². The summed E-state index contributed by atoms with van der Waals surface area (Å²) in [6.07, 6.45) is 1.30. The second-order valence-electron chi connectivity index (χ2n) is 9.43. The first-order valence-electron chi connectivity index (χ1n) is 14.8. The summed E-state index contributed by atoms with van der Waals surface area (Å²) in [5.74, 6) is 2.42. The molecule has 3 N–H and O–H groups in total. The SMILES string of the molecule is CCO.CCOc1cc(C=O)cc(OCC)c1OCc1ccc(OC)cc1.COc1ccc(COc2c(O)cc(C=O)cc2O)cc1. The first-order chi connectivity index (χ1) is 22.8. The average Bonchev–Trinajstić information content (AvgIpc) is 3.08. The van der Waals surface area contributed by atoms with Crippen LogP contribution in [0, 0.1) is 0 Å². The molecule has 4 rings (SSSR count). The zero-order chi connectivity index (χ0) is 34.6. The van der Waals surface area contributed by atoms with Crippen LogP contribution < -0.4 is 28.4 Å². The Kier molecular flexibility index (Phi) is 16.5. The molecule has 252 valence electrons. The number of phenols is 2. The molecule has 0 amide bonds. The summed E-state index contributed by atoms with van der Waals surface area (Å²) in [6, 6.07) is 20.6. The quantitative estimate of drug-likeness (QED) is 0.130. The van der Waals surface area contributed by atoms with E-state index in [4.69, 9.17) is 33.5 Å². The minimum atomic E-state index is -0.277. The lowest BCUT2D eigenvalue weighted by Crippen LogP contribution is -2.04. The van der Waals surface area contributed by atoms with Gasteiger partial charge in [-0.2, -0.15) is 0 Å². The van der Waals surface area contributed by atoms with Crippen LogP contribution in [0.1, 0.15) is 52.6 Å². The third-order valence-corrected chi connectivity index (χ3v) is 6.07. The van der Waals surface area contributed by atoms with Gasteiger partial charge in [0, 0.05) is 17.7 Å². The molecule has 0 saturated heterocycles. The maximum atomic E-state index is 11.1. The normalized spacial score (nSPS) is 9.83. The van der Waals surface area contributed by atoms with E-state index >= 15 is 0 Å². The molecule has 0 bridgehead atoms. The number of carbonyl (C=O) groups excluding carboxylic acids is 2. The number of methoxy groups -OCH3 is 2. The maximum Gasteiger partial charge on any atom is 0.203 e. The number of hydrogen-bond donors (Lipinski definition) is 3. The van der Waals surface area contributed by atoms with Gasteiger partial charge in [-0.3, -0.25) is 9.59 Å². The van der Waals surface area contributed by atoms with Crippen molar-refractivity contribution in [3.63, 3.8) is 0 Å². The Morgan fingerprint density at radius 2 is 0.936 bits per heavy atom. The summed E-state index contributed by atoms with van der Waals surface area (Å²) in [5.41, 5.74) is 2.50. The summed E-state index contributed by atoms with van der Waals surface area (Å²) >= 11 is 0. The molecule has 0 atom stereocenters. The molecule has 11 heteroatoms. The standard InChI is InChI=1S/C19H22O5.C15H14O5.C2H6O/c1-4-22-17-10-15(12-20)11-18(23-5-2)19(17)24-13-14-6-8-16(21-3)9-7-14;1-19-12-4-2-10(3-5-12)9-20-15-13(17)6-11(8-16)7-14(15)18;1-2-3/h6-12H,4-5,13H2,1-3H3;2-8,17-18H,9H2,1H3;3H,2H2,1H3. The van der Waals surface area contributed by atoms with Gasteiger partial charge in [-0.05, 0) is 80.4 Å². The van der Waals surface area contributed by atoms with E-state index in [-0.39, 0.29) is 36.0 Å². The van der Waals surface area contributed by atoms with Crippen LogP contribution in [0.15, 0.2) is 72.8 Å². The lowest BCUT2D eigenvalue weighted by Gasteiger charge is -2.17. The van der Waals surface area contributed by atoms with Crippen LogP contribution in [0.3, 0.4) is 0 Å². The molecule has 0 aliphatic heterocycles. The number of aldehydes is 2. The number of hydrogen-bond acceptors (Lipinski definition) is 11. The Bertz CT molecular complexity index is 1470. The second-order valence-corrected chi connectivity index (χ2v) is 9.43. The molecular formula is C36H42O11. The van der Waals surface area contributed by atoms with E-state index in [0.717, 1.165) is 28.9 Å². The van der Waals surface area contributed by atoms with Gasteiger partial charge in [0.1, 0.15) is 37.3 Å². The Labute approximate surface area is 274 Å². The molecule has 0 spiro atoms. The Hall–Kier alpha value is -5.42. The summed E-state index contributed by atoms with van der Waals surface area (Å²) in [6.45, 7) is 7.14. The molecule has 11 nitrogen and oxygen atoms in total. The number of carbonyl (C=O) groups is 2. The van der Waals surface area contributed by atoms with Crippen LogP contribution in [0.25, 0.3) is 0 Å². The summed E-state index contributed by atoms with van der Waals surface area (Å²) in [4.78, 5) is 21.7. The summed E-state index contributed by atoms with van der Waals surface area (Å²) < 4.78 is 32.7. The third kappa shape index (κ3) is 12.1. The van der Waals surface area contributed by atoms with Gasteiger partial charge in [0.25, 0.3) is 0 Å². The third-order valence-electron chi connectivity index (χ3n) is 6.07. The van der Waals surface area contributed by atoms with Crippen LogP contribution in [0.4, 0.5) is 0 Å². The number of aliphatic hydroxyl groups is 1. The second kappa shape index (κ2) is 20.6. The molecule has 0 heterocycles. The van der Waals surface area contributed by atoms with Crippen LogP contribution in [-0.2, 0) is 13.2 Å². The lowest BCUT2D eigenvalue weighted by atomic mass is 10.2. The monoisotopic (exact) mass is 650 g/mol. The molecular weight excluding hydrogens is 608 g/mol. The van der Waals surface area contributed by atoms with Crippen molar-refractivity contribution in [3.05, 3.63) is 95.1 Å². The molecule has 0 saturated carbocycles. The van der Waals surface area contributed by atoms with Crippen molar-refractivity contribution in [2.75, 3.05) is 34.0 Å². The van der Waals surface area contributed by atoms with E-state index in [1.807, 2.05) is 50.2 Å². The van der Waals surface area contributed by atoms with Crippen molar-refractivity contribution in [2.24, 2.45) is 0 Å². The molecule has 47 heavy (non-hydrogen) atoms. The lowest BCUT2D eigenvalue weighted by molar-refractivity contribution is 0.111. The number of aromatic hydroxyl groups is 2. The predicted octanol–water partition coefficient (Wildman–Crippen LogP) is 6.38. The maximum absolute atomic E-state index is 11.1. The number of ether oxygens (including phenoxy) is 6. The van der Waals surface area contributed by atoms with Gasteiger partial charge in [-0.1, -0.05) is 24.3 Å². The first kappa shape index (κ1) is 37.8. The molecule has 4 aromatic rings. The van der Waals surface area contributed by atoms with E-state index in [2.05, 4.69) is 0 Å². The molecule has 4 aromatic carbocycles. The highest BCUT2D eigenvalue weighted by molar-refractivity contribution is 5.79. The highest BCUT2D eigenvalue weighted by Crippen LogP contribution is 2.39. The number of benzene rings is 4. The molecule has 0 aliphatic carbocycles. The fourth-order valence-electron chi connectivity index (χ4n) is 3.92. The van der Waals surface area contributed by atoms with Crippen molar-refractivity contribution < 1.29 is 53.3 Å². The molecule has 0 radical (unpaired) electrons. The fourth-order valence-corrected chi connectivity index (χ4v) is 3.92. The van der Waals surface area contributed by atoms with Gasteiger partial charge >= 0.3 is 0 Å². The first-order valence-corrected chi connectivity index (χ1v) is 14.8. The van der Waals surface area contributed by atoms with Crippen LogP contribution in [0.5, 0.6) is 46.0 Å². The van der Waals surface area contributed by atoms with Gasteiger partial charge in [0.2, 0.25) is 11.5 Å². The Balaban J connectivity index is 0.000000306. The highest BCUT2D eigenvalue weighted by Gasteiger charge is 2.16. The highest BCUT2D eigenvalue weighted by atomic mass is 16.5. The molecule has 0 aliphatic rings. The zero-order valence-corrected chi connectivity index (χ0v) is 27.2. The van der Waals surface area contributed by atoms with E-state index in [1.54, 1.807) is 45.4 Å². The Morgan fingerprint density at radius 1 is 0.574 bits per heavy atom. The van der Waals surface area contributed by atoms with Crippen molar-refractivity contribution >= 4 is 12.6 Å². The van der Waals surface area contributed by atoms with E-state index in [0.29, 0.717) is 48.9 Å². The fraction of sp³-hybridized carbons (Fsp3) is 0.278. The molecule has 0 fully saturated rings. The predicted molar refractivity (Wildman–Crippen MR) is 177 cm³/mol. The molecule has 0 unspecified atom stereocenters. The van der Waals surface area contributed by atoms with Gasteiger partial charge in [-0.25, -0.2) is 0 Å². The van der Waals surface area contributed by atoms with Crippen molar-refractivity contribution in [3.8, 4) is 46.0 Å². The number of aliphatic hydroxyl groups excluding tert-OH is 1. The minimum Gasteiger partial charge on any atom is -0.504 e. The zero-order valence-electron chi connectivity index (χ0n) is 27.2. The van der Waals surface area contributed by atoms with Crippen molar-refractivity contribution in [1.29, 1.82) is 0 Å². The average molecular weight is 651 g/mol. The van der Waals surface area contributed by atoms with E-state index in [9.17, 15) is 19.8 Å². The van der Waals surface area contributed by atoms with E-state index in [1.165, 1.54) is 12.1 Å². The topological polar surface area (TPSA) is 150 Å². The Morgan fingerprint density at radius 3 is 1.28 bits per heavy atom. The number of phenolic OH excluding ortho intramolecular Hbond substituents is 2. The van der Waals surface area contributed by atoms with Gasteiger partial charge in [-0.15, -0.1) is 0 Å². The van der Waals surface area contributed by atoms with Gasteiger partial charge in [0.15, 0.2) is 23.0 Å².